The number of rotatable bonds is 14. The molecule has 1 amide bonds. The molecule has 2 saturated heterocycles. The average molecular weight is 558 g/mol. The minimum atomic E-state index is -1.10. The van der Waals surface area contributed by atoms with Crippen molar-refractivity contribution in [3.05, 3.63) is 66.8 Å². The quantitative estimate of drug-likeness (QED) is 0.143. The van der Waals surface area contributed by atoms with E-state index in [9.17, 15) is 9.59 Å². The molecular weight excluding hydrogens is 514 g/mol. The van der Waals surface area contributed by atoms with E-state index in [4.69, 9.17) is 18.9 Å². The molecule has 5 atom stereocenters. The Labute approximate surface area is 237 Å². The van der Waals surface area contributed by atoms with Crippen molar-refractivity contribution in [1.29, 1.82) is 0 Å². The van der Waals surface area contributed by atoms with E-state index in [2.05, 4.69) is 20.1 Å². The van der Waals surface area contributed by atoms with Gasteiger partial charge in [0.1, 0.15) is 11.9 Å². The molecular formula is C31H43NO6S. The largest absolute Gasteiger partial charge is 0.497 e. The van der Waals surface area contributed by atoms with Gasteiger partial charge in [-0.15, -0.1) is 13.2 Å². The Morgan fingerprint density at radius 3 is 2.67 bits per heavy atom. The van der Waals surface area contributed by atoms with Crippen LogP contribution in [0.1, 0.15) is 57.9 Å². The summed E-state index contributed by atoms with van der Waals surface area (Å²) in [6.07, 6.45) is 8.90. The fourth-order valence-electron chi connectivity index (χ4n) is 5.11. The van der Waals surface area contributed by atoms with Gasteiger partial charge in [-0.25, -0.2) is 4.79 Å². The number of ether oxygens (including phenoxy) is 4. The lowest BCUT2D eigenvalue weighted by atomic mass is 9.89. The van der Waals surface area contributed by atoms with Gasteiger partial charge in [-0.2, -0.15) is 0 Å². The first-order chi connectivity index (χ1) is 18.7. The highest BCUT2D eigenvalue weighted by molar-refractivity contribution is 8.13. The maximum absolute atomic E-state index is 13.1. The lowest BCUT2D eigenvalue weighted by molar-refractivity contribution is -0.305. The van der Waals surface area contributed by atoms with Gasteiger partial charge in [-0.3, -0.25) is 4.79 Å². The van der Waals surface area contributed by atoms with Gasteiger partial charge in [0.25, 0.3) is 5.24 Å². The highest BCUT2D eigenvalue weighted by Crippen LogP contribution is 2.43. The van der Waals surface area contributed by atoms with E-state index in [0.29, 0.717) is 31.1 Å². The number of esters is 1. The summed E-state index contributed by atoms with van der Waals surface area (Å²) in [5.41, 5.74) is 1.93. The van der Waals surface area contributed by atoms with Crippen LogP contribution in [-0.2, 0) is 25.5 Å². The van der Waals surface area contributed by atoms with Gasteiger partial charge in [0.15, 0.2) is 5.79 Å². The van der Waals surface area contributed by atoms with Crippen LogP contribution in [0.2, 0.25) is 0 Å². The summed E-state index contributed by atoms with van der Waals surface area (Å²) in [6.45, 7) is 12.1. The number of carbonyl (C=O) groups is 2. The van der Waals surface area contributed by atoms with E-state index in [1.807, 2.05) is 48.2 Å². The van der Waals surface area contributed by atoms with Gasteiger partial charge >= 0.3 is 5.97 Å². The Balaban J connectivity index is 1.84. The second kappa shape index (κ2) is 14.7. The molecule has 39 heavy (non-hydrogen) atoms. The van der Waals surface area contributed by atoms with Crippen molar-refractivity contribution in [2.24, 2.45) is 5.92 Å². The summed E-state index contributed by atoms with van der Waals surface area (Å²) < 4.78 is 24.1. The summed E-state index contributed by atoms with van der Waals surface area (Å²) in [5.74, 6) is 0.160. The van der Waals surface area contributed by atoms with E-state index in [1.165, 1.54) is 11.8 Å². The molecule has 0 radical (unpaired) electrons. The molecule has 7 nitrogen and oxygen atoms in total. The van der Waals surface area contributed by atoms with Gasteiger partial charge in [0.05, 0.1) is 19.3 Å². The fraction of sp³-hybridized carbons (Fsp3) is 0.548. The third-order valence-corrected chi connectivity index (χ3v) is 8.44. The second-order valence-electron chi connectivity index (χ2n) is 10.4. The highest BCUT2D eigenvalue weighted by Gasteiger charge is 2.54. The average Bonchev–Trinajstić information content (AvgIpc) is 3.30. The molecule has 0 saturated carbocycles. The Kier molecular flexibility index (Phi) is 11.7. The number of carbonyl (C=O) groups excluding carboxylic acids is 2. The zero-order chi connectivity index (χ0) is 28.4. The highest BCUT2D eigenvalue weighted by atomic mass is 32.2. The number of benzene rings is 1. The Morgan fingerprint density at radius 1 is 1.28 bits per heavy atom. The molecule has 1 aromatic rings. The topological polar surface area (TPSA) is 74.3 Å². The molecule has 0 spiro atoms. The molecule has 3 rings (SSSR count). The maximum Gasteiger partial charge on any atom is 0.330 e. The first-order valence-electron chi connectivity index (χ1n) is 13.6. The van der Waals surface area contributed by atoms with E-state index in [1.54, 1.807) is 20.3 Å². The van der Waals surface area contributed by atoms with Crippen LogP contribution in [0.4, 0.5) is 4.79 Å². The van der Waals surface area contributed by atoms with Crippen molar-refractivity contribution in [2.45, 2.75) is 83.0 Å². The molecule has 0 unspecified atom stereocenters. The molecule has 0 aromatic heterocycles. The monoisotopic (exact) mass is 557 g/mol. The molecule has 1 aromatic carbocycles. The van der Waals surface area contributed by atoms with Crippen LogP contribution >= 0.6 is 11.8 Å². The van der Waals surface area contributed by atoms with Crippen molar-refractivity contribution in [2.75, 3.05) is 20.0 Å². The second-order valence-corrected chi connectivity index (χ2v) is 11.4. The van der Waals surface area contributed by atoms with Crippen LogP contribution in [0.3, 0.4) is 0 Å². The van der Waals surface area contributed by atoms with Crippen LogP contribution in [0.25, 0.3) is 0 Å². The lowest BCUT2D eigenvalue weighted by Gasteiger charge is -2.48. The number of allylic oxidation sites excluding steroid dienone is 3. The van der Waals surface area contributed by atoms with Gasteiger partial charge < -0.3 is 23.8 Å². The third kappa shape index (κ3) is 8.47. The minimum absolute atomic E-state index is 0.0208. The zero-order valence-corrected chi connectivity index (χ0v) is 24.5. The Morgan fingerprint density at radius 2 is 2.03 bits per heavy atom. The molecule has 0 N–H and O–H groups in total. The van der Waals surface area contributed by atoms with Crippen LogP contribution in [0, 0.1) is 5.92 Å². The van der Waals surface area contributed by atoms with Crippen molar-refractivity contribution in [1.82, 2.24) is 4.90 Å². The van der Waals surface area contributed by atoms with Gasteiger partial charge in [0, 0.05) is 38.3 Å². The van der Waals surface area contributed by atoms with Gasteiger partial charge in [0.2, 0.25) is 0 Å². The molecule has 0 aliphatic carbocycles. The molecule has 2 aliphatic rings. The van der Waals surface area contributed by atoms with Crippen molar-refractivity contribution >= 4 is 23.0 Å². The summed E-state index contributed by atoms with van der Waals surface area (Å²) in [6, 6.07) is 7.35. The SMILES string of the molecule is C=CCC/C(C)=C\C(=O)O[C@@H]1C[C@@H](CC[C@H](C)C=C)O[C@@](OC)([C@@H]2CSC(=O)N2Cc2ccc(OC)cc2)C1. The summed E-state index contributed by atoms with van der Waals surface area (Å²) in [7, 11) is 3.24. The van der Waals surface area contributed by atoms with E-state index >= 15 is 0 Å². The summed E-state index contributed by atoms with van der Waals surface area (Å²) >= 11 is 1.27. The first kappa shape index (κ1) is 31.0. The summed E-state index contributed by atoms with van der Waals surface area (Å²) in [5, 5.41) is -0.0208. The molecule has 2 aliphatic heterocycles. The third-order valence-electron chi connectivity index (χ3n) is 7.48. The van der Waals surface area contributed by atoms with Gasteiger partial charge in [-0.05, 0) is 56.2 Å². The molecule has 2 fully saturated rings. The van der Waals surface area contributed by atoms with Crippen LogP contribution in [-0.4, -0.2) is 60.1 Å². The molecule has 2 heterocycles. The standard InChI is InChI=1S/C31H43NO6S/c1-7-9-10-23(4)17-29(33)37-27-18-26(14-11-22(3)8-2)38-31(19-27,36-6)28-21-39-30(34)32(28)20-24-12-15-25(35-5)16-13-24/h7-8,12-13,15-17,22,26-28H,1-2,9-11,14,18-21H2,3-6H3/b23-17-/t22-,26-,27-,28+,31-/m1/s1. The number of amides is 1. The molecule has 214 valence electrons. The minimum Gasteiger partial charge on any atom is -0.497 e. The molecule has 8 heteroatoms. The number of methoxy groups -OCH3 is 2. The number of hydrogen-bond acceptors (Lipinski definition) is 7. The zero-order valence-electron chi connectivity index (χ0n) is 23.7. The number of nitrogens with zero attached hydrogens (tertiary/aromatic N) is 1. The Hall–Kier alpha value is -2.55. The fourth-order valence-corrected chi connectivity index (χ4v) is 6.20. The normalized spacial score (nSPS) is 26.3. The van der Waals surface area contributed by atoms with Crippen molar-refractivity contribution in [3.63, 3.8) is 0 Å². The van der Waals surface area contributed by atoms with E-state index in [0.717, 1.165) is 42.6 Å². The van der Waals surface area contributed by atoms with Crippen LogP contribution in [0.15, 0.2) is 61.2 Å². The van der Waals surface area contributed by atoms with Crippen molar-refractivity contribution in [3.8, 4) is 5.75 Å². The van der Waals surface area contributed by atoms with Crippen LogP contribution in [0.5, 0.6) is 5.75 Å². The lowest BCUT2D eigenvalue weighted by Crippen LogP contribution is -2.60. The van der Waals surface area contributed by atoms with Crippen molar-refractivity contribution < 1.29 is 28.5 Å². The predicted molar refractivity (Wildman–Crippen MR) is 156 cm³/mol. The van der Waals surface area contributed by atoms with E-state index in [-0.39, 0.29) is 23.4 Å². The van der Waals surface area contributed by atoms with E-state index < -0.39 is 11.9 Å². The van der Waals surface area contributed by atoms with Crippen LogP contribution < -0.4 is 4.74 Å². The first-order valence-corrected chi connectivity index (χ1v) is 14.6. The maximum atomic E-state index is 13.1. The molecule has 0 bridgehead atoms. The Bertz CT molecular complexity index is 1020. The summed E-state index contributed by atoms with van der Waals surface area (Å²) in [4.78, 5) is 27.7. The predicted octanol–water partition coefficient (Wildman–Crippen LogP) is 6.68. The number of hydrogen-bond donors (Lipinski definition) is 0. The van der Waals surface area contributed by atoms with Gasteiger partial charge in [-0.1, -0.05) is 48.5 Å². The number of thioether (sulfide) groups is 1. The smallest absolute Gasteiger partial charge is 0.330 e.